The highest BCUT2D eigenvalue weighted by atomic mass is 16.2. The second kappa shape index (κ2) is 5.08. The van der Waals surface area contributed by atoms with E-state index in [0.29, 0.717) is 12.0 Å². The van der Waals surface area contributed by atoms with Gasteiger partial charge in [0.1, 0.15) is 0 Å². The fraction of sp³-hybridized carbons (Fsp3) is 0.929. The summed E-state index contributed by atoms with van der Waals surface area (Å²) >= 11 is 0. The third-order valence-electron chi connectivity index (χ3n) is 4.91. The molecule has 4 heteroatoms. The molecule has 4 aliphatic rings. The van der Waals surface area contributed by atoms with Crippen LogP contribution >= 0.6 is 0 Å². The van der Waals surface area contributed by atoms with Crippen LogP contribution in [0.1, 0.15) is 32.6 Å². The molecule has 0 aliphatic carbocycles. The molecule has 0 spiro atoms. The highest BCUT2D eigenvalue weighted by molar-refractivity contribution is 5.74. The predicted octanol–water partition coefficient (Wildman–Crippen LogP) is 1.52. The number of piperidine rings is 4. The first-order valence-corrected chi connectivity index (χ1v) is 7.50. The van der Waals surface area contributed by atoms with Crippen LogP contribution in [-0.2, 0) is 0 Å². The summed E-state index contributed by atoms with van der Waals surface area (Å²) < 4.78 is 0. The molecule has 4 aliphatic heterocycles. The molecule has 0 radical (unpaired) electrons. The molecule has 4 saturated heterocycles. The Morgan fingerprint density at radius 3 is 2.50 bits per heavy atom. The quantitative estimate of drug-likeness (QED) is 0.767. The van der Waals surface area contributed by atoms with Gasteiger partial charge in [-0.1, -0.05) is 6.92 Å². The summed E-state index contributed by atoms with van der Waals surface area (Å²) in [4.78, 5) is 16.8. The van der Waals surface area contributed by atoms with Gasteiger partial charge in [-0.05, 0) is 50.6 Å². The average Bonchev–Trinajstić information content (AvgIpc) is 2.40. The minimum atomic E-state index is 0.181. The third-order valence-corrected chi connectivity index (χ3v) is 4.91. The Kier molecular flexibility index (Phi) is 3.46. The number of fused-ring (bicyclic) bond motifs is 3. The predicted molar refractivity (Wildman–Crippen MR) is 71.5 cm³/mol. The fourth-order valence-corrected chi connectivity index (χ4v) is 3.75. The van der Waals surface area contributed by atoms with Crippen molar-refractivity contribution >= 4 is 6.03 Å². The van der Waals surface area contributed by atoms with E-state index in [9.17, 15) is 4.79 Å². The highest BCUT2D eigenvalue weighted by Gasteiger charge is 2.35. The van der Waals surface area contributed by atoms with Crippen molar-refractivity contribution in [2.24, 2.45) is 11.8 Å². The van der Waals surface area contributed by atoms with Gasteiger partial charge in [0.15, 0.2) is 0 Å². The number of likely N-dealkylation sites (tertiary alicyclic amines) is 1. The minimum Gasteiger partial charge on any atom is -0.334 e. The minimum absolute atomic E-state index is 0.181. The van der Waals surface area contributed by atoms with Crippen molar-refractivity contribution in [3.63, 3.8) is 0 Å². The molecule has 2 atom stereocenters. The number of rotatable bonds is 1. The molecule has 4 nitrogen and oxygen atoms in total. The first-order valence-electron chi connectivity index (χ1n) is 7.50. The smallest absolute Gasteiger partial charge is 0.317 e. The average molecular weight is 251 g/mol. The van der Waals surface area contributed by atoms with Crippen LogP contribution in [0.2, 0.25) is 0 Å². The third kappa shape index (κ3) is 2.48. The maximum absolute atomic E-state index is 12.3. The van der Waals surface area contributed by atoms with E-state index in [1.165, 1.54) is 32.4 Å². The van der Waals surface area contributed by atoms with Crippen LogP contribution in [0.3, 0.4) is 0 Å². The second-order valence-corrected chi connectivity index (χ2v) is 6.39. The lowest BCUT2D eigenvalue weighted by Gasteiger charge is -2.45. The zero-order valence-corrected chi connectivity index (χ0v) is 11.4. The summed E-state index contributed by atoms with van der Waals surface area (Å²) in [6, 6.07) is 0.581. The summed E-state index contributed by atoms with van der Waals surface area (Å²) in [5.41, 5.74) is 0. The maximum Gasteiger partial charge on any atom is 0.317 e. The van der Waals surface area contributed by atoms with Crippen LogP contribution in [0.5, 0.6) is 0 Å². The maximum atomic E-state index is 12.3. The van der Waals surface area contributed by atoms with Gasteiger partial charge in [-0.2, -0.15) is 0 Å². The molecule has 4 rings (SSSR count). The molecular formula is C14H25N3O. The number of urea groups is 1. The summed E-state index contributed by atoms with van der Waals surface area (Å²) in [5, 5.41) is 3.29. The lowest BCUT2D eigenvalue weighted by atomic mass is 9.84. The second-order valence-electron chi connectivity index (χ2n) is 6.39. The van der Waals surface area contributed by atoms with E-state index < -0.39 is 0 Å². The number of carbonyl (C=O) groups excluding carboxylic acids is 1. The number of carbonyl (C=O) groups is 1. The molecule has 0 saturated carbocycles. The van der Waals surface area contributed by atoms with Crippen LogP contribution < -0.4 is 5.32 Å². The van der Waals surface area contributed by atoms with E-state index in [1.807, 2.05) is 4.90 Å². The Hall–Kier alpha value is -0.770. The van der Waals surface area contributed by atoms with Gasteiger partial charge in [0.25, 0.3) is 0 Å². The molecule has 1 N–H and O–H groups in total. The van der Waals surface area contributed by atoms with Gasteiger partial charge in [-0.25, -0.2) is 4.79 Å². The van der Waals surface area contributed by atoms with Crippen LogP contribution in [-0.4, -0.2) is 54.6 Å². The summed E-state index contributed by atoms with van der Waals surface area (Å²) in [6.07, 6.45) is 4.96. The Balaban J connectivity index is 1.54. The standard InChI is InChI=1S/C14H25N3O/c1-11-3-2-6-17(9-11)14(18)15-13-10-16-7-4-12(13)5-8-16/h11-13H,2-10H2,1H3,(H,15,18). The molecule has 0 aromatic rings. The molecule has 4 heterocycles. The largest absolute Gasteiger partial charge is 0.334 e. The summed E-state index contributed by atoms with van der Waals surface area (Å²) in [5.74, 6) is 1.39. The normalized spacial score (nSPS) is 39.7. The van der Waals surface area contributed by atoms with Crippen molar-refractivity contribution in [2.75, 3.05) is 32.7 Å². The van der Waals surface area contributed by atoms with Crippen molar-refractivity contribution in [1.29, 1.82) is 0 Å². The molecule has 2 unspecified atom stereocenters. The van der Waals surface area contributed by atoms with Gasteiger partial charge in [0.2, 0.25) is 0 Å². The SMILES string of the molecule is CC1CCCN(C(=O)NC2CN3CCC2CC3)C1. The fourth-order valence-electron chi connectivity index (χ4n) is 3.75. The molecule has 2 bridgehead atoms. The van der Waals surface area contributed by atoms with Crippen LogP contribution in [0.4, 0.5) is 4.79 Å². The molecular weight excluding hydrogens is 226 g/mol. The molecule has 102 valence electrons. The molecule has 4 fully saturated rings. The first-order chi connectivity index (χ1) is 8.72. The number of nitrogens with one attached hydrogen (secondary N) is 1. The molecule has 0 aromatic heterocycles. The number of hydrogen-bond acceptors (Lipinski definition) is 2. The van der Waals surface area contributed by atoms with Crippen molar-refractivity contribution in [1.82, 2.24) is 15.1 Å². The van der Waals surface area contributed by atoms with Crippen LogP contribution in [0.25, 0.3) is 0 Å². The van der Waals surface area contributed by atoms with E-state index >= 15 is 0 Å². The van der Waals surface area contributed by atoms with E-state index in [-0.39, 0.29) is 6.03 Å². The van der Waals surface area contributed by atoms with E-state index in [4.69, 9.17) is 0 Å². The molecule has 2 amide bonds. The molecule has 18 heavy (non-hydrogen) atoms. The van der Waals surface area contributed by atoms with Crippen molar-refractivity contribution < 1.29 is 4.79 Å². The van der Waals surface area contributed by atoms with E-state index in [0.717, 1.165) is 32.0 Å². The Morgan fingerprint density at radius 2 is 1.89 bits per heavy atom. The van der Waals surface area contributed by atoms with Crippen molar-refractivity contribution in [3.8, 4) is 0 Å². The van der Waals surface area contributed by atoms with Gasteiger partial charge in [-0.15, -0.1) is 0 Å². The summed E-state index contributed by atoms with van der Waals surface area (Å²) in [7, 11) is 0. The van der Waals surface area contributed by atoms with Gasteiger partial charge >= 0.3 is 6.03 Å². The topological polar surface area (TPSA) is 35.6 Å². The lowest BCUT2D eigenvalue weighted by molar-refractivity contribution is 0.0712. The Labute approximate surface area is 110 Å². The van der Waals surface area contributed by atoms with Gasteiger partial charge in [0.05, 0.1) is 0 Å². The van der Waals surface area contributed by atoms with Gasteiger partial charge in [-0.3, -0.25) is 0 Å². The first kappa shape index (κ1) is 12.3. The monoisotopic (exact) mass is 251 g/mol. The molecule has 0 aromatic carbocycles. The highest BCUT2D eigenvalue weighted by Crippen LogP contribution is 2.27. The number of hydrogen-bond donors (Lipinski definition) is 1. The van der Waals surface area contributed by atoms with Gasteiger partial charge in [0, 0.05) is 25.7 Å². The number of amides is 2. The zero-order valence-electron chi connectivity index (χ0n) is 11.4. The Morgan fingerprint density at radius 1 is 1.11 bits per heavy atom. The number of nitrogens with zero attached hydrogens (tertiary/aromatic N) is 2. The van der Waals surface area contributed by atoms with E-state index in [1.54, 1.807) is 0 Å². The summed E-state index contributed by atoms with van der Waals surface area (Å²) in [6.45, 7) is 7.66. The van der Waals surface area contributed by atoms with Crippen molar-refractivity contribution in [3.05, 3.63) is 0 Å². The Bertz CT molecular complexity index is 312. The lowest BCUT2D eigenvalue weighted by Crippen LogP contribution is -2.59. The zero-order chi connectivity index (χ0) is 12.5. The van der Waals surface area contributed by atoms with Crippen LogP contribution in [0, 0.1) is 11.8 Å². The van der Waals surface area contributed by atoms with Crippen LogP contribution in [0.15, 0.2) is 0 Å². The van der Waals surface area contributed by atoms with Crippen molar-refractivity contribution in [2.45, 2.75) is 38.6 Å². The van der Waals surface area contributed by atoms with E-state index in [2.05, 4.69) is 17.1 Å². The van der Waals surface area contributed by atoms with Gasteiger partial charge < -0.3 is 15.1 Å².